The van der Waals surface area contributed by atoms with Crippen molar-refractivity contribution in [2.24, 2.45) is 0 Å². The number of benzene rings is 4. The molecule has 4 aromatic rings. The Morgan fingerprint density at radius 3 is 1.04 bits per heavy atom. The lowest BCUT2D eigenvalue weighted by molar-refractivity contribution is 0.299. The lowest BCUT2D eigenvalue weighted by Crippen LogP contribution is -2.03. The first-order chi connectivity index (χ1) is 22.2. The van der Waals surface area contributed by atoms with Gasteiger partial charge in [0.2, 0.25) is 19.7 Å². The van der Waals surface area contributed by atoms with Crippen molar-refractivity contribution >= 4 is 19.7 Å². The molecule has 0 unspecified atom stereocenters. The molecule has 0 atom stereocenters. The third-order valence-electron chi connectivity index (χ3n) is 7.35. The zero-order valence-electron chi connectivity index (χ0n) is 26.1. The summed E-state index contributed by atoms with van der Waals surface area (Å²) in [6.07, 6.45) is 8.18. The SMILES string of the molecule is CCCOc1ccc(S(=O)(=O)c2ccc(OCCCCCCCCCOc3ccc(S(=O)(=O)c4ccc(O)cc4)cc3)cc2)cc1. The molecule has 0 bridgehead atoms. The van der Waals surface area contributed by atoms with E-state index in [0.29, 0.717) is 37.1 Å². The Labute approximate surface area is 272 Å². The highest BCUT2D eigenvalue weighted by Gasteiger charge is 2.19. The number of phenolic OH excluding ortho intramolecular Hbond substituents is 1. The lowest BCUT2D eigenvalue weighted by Gasteiger charge is -2.09. The van der Waals surface area contributed by atoms with E-state index in [2.05, 4.69) is 0 Å². The van der Waals surface area contributed by atoms with Crippen molar-refractivity contribution in [3.05, 3.63) is 97.1 Å². The van der Waals surface area contributed by atoms with Gasteiger partial charge in [-0.05, 0) is 116 Å². The number of unbranched alkanes of at least 4 members (excludes halogenated alkanes) is 6. The van der Waals surface area contributed by atoms with E-state index in [1.54, 1.807) is 60.7 Å². The van der Waals surface area contributed by atoms with Gasteiger partial charge in [0, 0.05) is 0 Å². The molecule has 0 aromatic heterocycles. The molecule has 0 aliphatic rings. The van der Waals surface area contributed by atoms with Crippen molar-refractivity contribution in [2.45, 2.75) is 77.9 Å². The summed E-state index contributed by atoms with van der Waals surface area (Å²) >= 11 is 0. The quantitative estimate of drug-likeness (QED) is 0.100. The molecule has 0 aliphatic heterocycles. The molecule has 46 heavy (non-hydrogen) atoms. The Kier molecular flexibility index (Phi) is 12.9. The third-order valence-corrected chi connectivity index (χ3v) is 10.9. The van der Waals surface area contributed by atoms with Crippen molar-refractivity contribution in [1.82, 2.24) is 0 Å². The molecule has 0 fully saturated rings. The first-order valence-electron chi connectivity index (χ1n) is 15.7. The molecule has 8 nitrogen and oxygen atoms in total. The van der Waals surface area contributed by atoms with Gasteiger partial charge in [0.1, 0.15) is 23.0 Å². The van der Waals surface area contributed by atoms with Crippen molar-refractivity contribution in [2.75, 3.05) is 19.8 Å². The van der Waals surface area contributed by atoms with E-state index in [4.69, 9.17) is 14.2 Å². The Morgan fingerprint density at radius 2 is 0.717 bits per heavy atom. The van der Waals surface area contributed by atoms with Gasteiger partial charge in [-0.1, -0.05) is 39.0 Å². The van der Waals surface area contributed by atoms with Gasteiger partial charge < -0.3 is 19.3 Å². The van der Waals surface area contributed by atoms with Crippen LogP contribution in [0.4, 0.5) is 0 Å². The Balaban J connectivity index is 1.05. The molecule has 246 valence electrons. The molecule has 4 rings (SSSR count). The summed E-state index contributed by atoms with van der Waals surface area (Å²) in [7, 11) is -7.26. The van der Waals surface area contributed by atoms with Gasteiger partial charge in [0.05, 0.1) is 39.4 Å². The topological polar surface area (TPSA) is 116 Å². The summed E-state index contributed by atoms with van der Waals surface area (Å²) < 4.78 is 68.5. The minimum atomic E-state index is -3.65. The third kappa shape index (κ3) is 9.99. The predicted octanol–water partition coefficient (Wildman–Crippen LogP) is 8.04. The minimum absolute atomic E-state index is 0.0157. The fourth-order valence-corrected chi connectivity index (χ4v) is 7.25. The largest absolute Gasteiger partial charge is 0.508 e. The van der Waals surface area contributed by atoms with Crippen molar-refractivity contribution in [1.29, 1.82) is 0 Å². The summed E-state index contributed by atoms with van der Waals surface area (Å²) in [6, 6.07) is 24.9. The van der Waals surface area contributed by atoms with E-state index in [1.807, 2.05) is 6.92 Å². The number of hydrogen-bond donors (Lipinski definition) is 1. The Bertz CT molecular complexity index is 1700. The van der Waals surface area contributed by atoms with Crippen molar-refractivity contribution in [3.63, 3.8) is 0 Å². The second-order valence-corrected chi connectivity index (χ2v) is 14.8. The number of phenols is 1. The fraction of sp³-hybridized carbons (Fsp3) is 0.333. The fourth-order valence-electron chi connectivity index (χ4n) is 4.73. The summed E-state index contributed by atoms with van der Waals surface area (Å²) in [6.45, 7) is 3.75. The van der Waals surface area contributed by atoms with Crippen LogP contribution >= 0.6 is 0 Å². The van der Waals surface area contributed by atoms with E-state index >= 15 is 0 Å². The van der Waals surface area contributed by atoms with E-state index in [9.17, 15) is 21.9 Å². The van der Waals surface area contributed by atoms with Gasteiger partial charge in [0.25, 0.3) is 0 Å². The second kappa shape index (κ2) is 17.1. The van der Waals surface area contributed by atoms with Crippen LogP contribution in [0, 0.1) is 0 Å². The van der Waals surface area contributed by atoms with Crippen molar-refractivity contribution in [3.8, 4) is 23.0 Å². The maximum Gasteiger partial charge on any atom is 0.206 e. The Morgan fingerprint density at radius 1 is 0.435 bits per heavy atom. The molecule has 0 aliphatic carbocycles. The smallest absolute Gasteiger partial charge is 0.206 e. The van der Waals surface area contributed by atoms with Crippen LogP contribution in [0.5, 0.6) is 23.0 Å². The molecular weight excluding hydrogens is 625 g/mol. The zero-order valence-corrected chi connectivity index (χ0v) is 27.8. The monoisotopic (exact) mass is 666 g/mol. The molecule has 1 N–H and O–H groups in total. The number of rotatable bonds is 19. The first-order valence-corrected chi connectivity index (χ1v) is 18.6. The Hall–Kier alpha value is -4.02. The van der Waals surface area contributed by atoms with E-state index in [1.165, 1.54) is 36.4 Å². The van der Waals surface area contributed by atoms with Crippen LogP contribution in [0.1, 0.15) is 58.3 Å². The molecule has 0 radical (unpaired) electrons. The van der Waals surface area contributed by atoms with Crippen LogP contribution in [0.3, 0.4) is 0 Å². The van der Waals surface area contributed by atoms with Gasteiger partial charge >= 0.3 is 0 Å². The summed E-state index contributed by atoms with van der Waals surface area (Å²) in [5.41, 5.74) is 0. The first kappa shape index (κ1) is 34.8. The van der Waals surface area contributed by atoms with Crippen LogP contribution < -0.4 is 14.2 Å². The highest BCUT2D eigenvalue weighted by molar-refractivity contribution is 7.91. The minimum Gasteiger partial charge on any atom is -0.508 e. The maximum absolute atomic E-state index is 13.0. The standard InChI is InChI=1S/C36H42O8S2/c1-2-26-42-30-12-20-35(21-13-30)46(40,41)36-24-16-32(17-25-36)44-28-9-7-5-3-4-6-8-27-43-31-14-22-34(23-15-31)45(38,39)33-18-10-29(37)11-19-33/h10-25,37H,2-9,26-28H2,1H3. The summed E-state index contributed by atoms with van der Waals surface area (Å²) in [4.78, 5) is 0.757. The van der Waals surface area contributed by atoms with Gasteiger partial charge in [0.15, 0.2) is 0 Å². The average Bonchev–Trinajstić information content (AvgIpc) is 3.07. The number of aromatic hydroxyl groups is 1. The van der Waals surface area contributed by atoms with Crippen molar-refractivity contribution < 1.29 is 36.2 Å². The van der Waals surface area contributed by atoms with Gasteiger partial charge in [-0.15, -0.1) is 0 Å². The highest BCUT2D eigenvalue weighted by atomic mass is 32.2. The van der Waals surface area contributed by atoms with E-state index in [0.717, 1.165) is 51.4 Å². The molecule has 0 amide bonds. The van der Waals surface area contributed by atoms with Gasteiger partial charge in [-0.25, -0.2) is 16.8 Å². The number of hydrogen-bond acceptors (Lipinski definition) is 8. The second-order valence-electron chi connectivity index (χ2n) is 10.9. The molecule has 0 saturated carbocycles. The average molecular weight is 667 g/mol. The van der Waals surface area contributed by atoms with Crippen LogP contribution in [0.2, 0.25) is 0 Å². The number of sulfone groups is 2. The van der Waals surface area contributed by atoms with Crippen LogP contribution in [0.25, 0.3) is 0 Å². The molecule has 0 heterocycles. The number of ether oxygens (including phenoxy) is 3. The zero-order chi connectivity index (χ0) is 32.8. The van der Waals surface area contributed by atoms with Crippen LogP contribution in [-0.4, -0.2) is 41.8 Å². The summed E-state index contributed by atoms with van der Waals surface area (Å²) in [5, 5.41) is 9.39. The normalized spacial score (nSPS) is 11.7. The summed E-state index contributed by atoms with van der Waals surface area (Å²) in [5.74, 6) is 1.95. The highest BCUT2D eigenvalue weighted by Crippen LogP contribution is 2.26. The van der Waals surface area contributed by atoms with Crippen LogP contribution in [0.15, 0.2) is 117 Å². The van der Waals surface area contributed by atoms with E-state index < -0.39 is 19.7 Å². The van der Waals surface area contributed by atoms with Gasteiger partial charge in [-0.3, -0.25) is 0 Å². The van der Waals surface area contributed by atoms with Crippen LogP contribution in [-0.2, 0) is 19.7 Å². The predicted molar refractivity (Wildman–Crippen MR) is 177 cm³/mol. The molecule has 0 saturated heterocycles. The molecule has 4 aromatic carbocycles. The van der Waals surface area contributed by atoms with E-state index in [-0.39, 0.29) is 25.3 Å². The lowest BCUT2D eigenvalue weighted by atomic mass is 10.1. The maximum atomic E-state index is 13.0. The molecular formula is C36H42O8S2. The molecule has 0 spiro atoms. The van der Waals surface area contributed by atoms with Gasteiger partial charge in [-0.2, -0.15) is 0 Å². The molecule has 10 heteroatoms.